The molecule has 0 spiro atoms. The van der Waals surface area contributed by atoms with Gasteiger partial charge in [-0.1, -0.05) is 0 Å². The predicted molar refractivity (Wildman–Crippen MR) is 125 cm³/mol. The van der Waals surface area contributed by atoms with Crippen molar-refractivity contribution in [3.05, 3.63) is 59.3 Å². The number of morpholine rings is 1. The number of alkyl halides is 3. The minimum atomic E-state index is -4.54. The lowest BCUT2D eigenvalue weighted by Crippen LogP contribution is -2.39. The Labute approximate surface area is 204 Å². The number of hydrogen-bond acceptors (Lipinski definition) is 9. The summed E-state index contributed by atoms with van der Waals surface area (Å²) in [5.74, 6) is 0.859. The van der Waals surface area contributed by atoms with Crippen molar-refractivity contribution < 1.29 is 22.6 Å². The topological polar surface area (TPSA) is 99.0 Å². The number of ether oxygens (including phenoxy) is 2. The Morgan fingerprint density at radius 3 is 2.56 bits per heavy atom. The van der Waals surface area contributed by atoms with Gasteiger partial charge in [-0.15, -0.1) is 0 Å². The SMILES string of the molecule is COc1cc([C@H]2CN(c3nc(-c4ccc(C(F)(F)F)nc4)c4nc(C)c(C)nc4n3)CCO2)ccn1. The molecule has 9 nitrogen and oxygen atoms in total. The molecule has 0 bridgehead atoms. The van der Waals surface area contributed by atoms with Crippen molar-refractivity contribution in [1.82, 2.24) is 29.9 Å². The Morgan fingerprint density at radius 2 is 1.83 bits per heavy atom. The molecular weight excluding hydrogens is 475 g/mol. The van der Waals surface area contributed by atoms with Gasteiger partial charge >= 0.3 is 6.18 Å². The Bertz CT molecular complexity index is 1410. The highest BCUT2D eigenvalue weighted by Crippen LogP contribution is 2.32. The summed E-state index contributed by atoms with van der Waals surface area (Å²) >= 11 is 0. The molecular formula is C24H22F3N7O2. The third-order valence-electron chi connectivity index (χ3n) is 5.95. The van der Waals surface area contributed by atoms with E-state index < -0.39 is 11.9 Å². The maximum atomic E-state index is 13.1. The number of nitrogens with zero attached hydrogens (tertiary/aromatic N) is 7. The molecule has 0 N–H and O–H groups in total. The van der Waals surface area contributed by atoms with Gasteiger partial charge in [-0.2, -0.15) is 18.2 Å². The minimum absolute atomic E-state index is 0.281. The zero-order valence-corrected chi connectivity index (χ0v) is 19.7. The molecule has 12 heteroatoms. The van der Waals surface area contributed by atoms with Gasteiger partial charge in [0.15, 0.2) is 5.65 Å². The van der Waals surface area contributed by atoms with E-state index >= 15 is 0 Å². The van der Waals surface area contributed by atoms with Gasteiger partial charge in [0.05, 0.1) is 31.6 Å². The fourth-order valence-electron chi connectivity index (χ4n) is 3.91. The van der Waals surface area contributed by atoms with E-state index in [1.807, 2.05) is 24.0 Å². The van der Waals surface area contributed by atoms with Gasteiger partial charge in [-0.05, 0) is 37.6 Å². The fraction of sp³-hybridized carbons (Fsp3) is 0.333. The van der Waals surface area contributed by atoms with Crippen molar-refractivity contribution in [3.63, 3.8) is 0 Å². The second-order valence-electron chi connectivity index (χ2n) is 8.31. The summed E-state index contributed by atoms with van der Waals surface area (Å²) in [6.45, 7) is 5.02. The highest BCUT2D eigenvalue weighted by molar-refractivity contribution is 5.87. The molecule has 0 aliphatic carbocycles. The molecule has 1 aliphatic heterocycles. The van der Waals surface area contributed by atoms with Crippen LogP contribution in [0.15, 0.2) is 36.7 Å². The second kappa shape index (κ2) is 9.26. The molecule has 0 aromatic carbocycles. The molecule has 1 atom stereocenters. The molecule has 1 fully saturated rings. The molecule has 0 amide bonds. The lowest BCUT2D eigenvalue weighted by Gasteiger charge is -2.33. The standard InChI is InChI=1S/C24H22F3N7O2/c1-13-14(2)31-22-21(30-13)20(16-4-5-18(29-11-16)24(25,26)27)32-23(33-22)34-8-9-36-17(12-34)15-6-7-28-19(10-15)35-3/h4-7,10-11,17H,8-9,12H2,1-3H3/t17-/m1/s1. The molecule has 0 radical (unpaired) electrons. The van der Waals surface area contributed by atoms with E-state index in [9.17, 15) is 13.2 Å². The zero-order chi connectivity index (χ0) is 25.4. The first-order valence-corrected chi connectivity index (χ1v) is 11.2. The summed E-state index contributed by atoms with van der Waals surface area (Å²) in [5.41, 5.74) is 2.79. The first-order chi connectivity index (χ1) is 17.2. The van der Waals surface area contributed by atoms with Crippen molar-refractivity contribution >= 4 is 17.1 Å². The Balaban J connectivity index is 1.56. The first-order valence-electron chi connectivity index (χ1n) is 11.2. The van der Waals surface area contributed by atoms with Crippen molar-refractivity contribution in [2.24, 2.45) is 0 Å². The highest BCUT2D eigenvalue weighted by atomic mass is 19.4. The van der Waals surface area contributed by atoms with E-state index in [4.69, 9.17) is 14.5 Å². The molecule has 5 rings (SSSR count). The van der Waals surface area contributed by atoms with Crippen LogP contribution in [-0.4, -0.2) is 56.7 Å². The van der Waals surface area contributed by atoms with Crippen molar-refractivity contribution in [2.75, 3.05) is 31.7 Å². The van der Waals surface area contributed by atoms with Crippen molar-refractivity contribution in [3.8, 4) is 17.1 Å². The minimum Gasteiger partial charge on any atom is -0.481 e. The van der Waals surface area contributed by atoms with E-state index in [0.717, 1.165) is 17.8 Å². The highest BCUT2D eigenvalue weighted by Gasteiger charge is 2.32. The molecule has 186 valence electrons. The monoisotopic (exact) mass is 497 g/mol. The average molecular weight is 497 g/mol. The third kappa shape index (κ3) is 4.63. The van der Waals surface area contributed by atoms with Crippen LogP contribution in [-0.2, 0) is 10.9 Å². The van der Waals surface area contributed by atoms with Gasteiger partial charge in [-0.3, -0.25) is 4.98 Å². The number of methoxy groups -OCH3 is 1. The quantitative estimate of drug-likeness (QED) is 0.413. The lowest BCUT2D eigenvalue weighted by molar-refractivity contribution is -0.141. The predicted octanol–water partition coefficient (Wildman–Crippen LogP) is 4.10. The molecule has 36 heavy (non-hydrogen) atoms. The van der Waals surface area contributed by atoms with Crippen LogP contribution in [0.5, 0.6) is 5.88 Å². The Morgan fingerprint density at radius 1 is 1.03 bits per heavy atom. The smallest absolute Gasteiger partial charge is 0.433 e. The summed E-state index contributed by atoms with van der Waals surface area (Å²) in [5, 5.41) is 0. The van der Waals surface area contributed by atoms with Gasteiger partial charge < -0.3 is 14.4 Å². The number of pyridine rings is 2. The number of aromatic nitrogens is 6. The van der Waals surface area contributed by atoms with E-state index in [-0.39, 0.29) is 6.10 Å². The molecule has 4 aromatic heterocycles. The van der Waals surface area contributed by atoms with Gasteiger partial charge in [0, 0.05) is 30.6 Å². The average Bonchev–Trinajstić information content (AvgIpc) is 2.88. The Hall–Kier alpha value is -3.93. The van der Waals surface area contributed by atoms with E-state index in [1.54, 1.807) is 20.2 Å². The van der Waals surface area contributed by atoms with Crippen molar-refractivity contribution in [2.45, 2.75) is 26.1 Å². The number of rotatable bonds is 4. The molecule has 5 heterocycles. The molecule has 0 unspecified atom stereocenters. The third-order valence-corrected chi connectivity index (χ3v) is 5.95. The summed E-state index contributed by atoms with van der Waals surface area (Å²) in [6, 6.07) is 5.93. The van der Waals surface area contributed by atoms with Crippen LogP contribution >= 0.6 is 0 Å². The van der Waals surface area contributed by atoms with Gasteiger partial charge in [0.2, 0.25) is 11.8 Å². The largest absolute Gasteiger partial charge is 0.481 e. The molecule has 4 aromatic rings. The van der Waals surface area contributed by atoms with Crippen LogP contribution < -0.4 is 9.64 Å². The van der Waals surface area contributed by atoms with Crippen LogP contribution in [0.3, 0.4) is 0 Å². The summed E-state index contributed by atoms with van der Waals surface area (Å²) in [7, 11) is 1.55. The van der Waals surface area contributed by atoms with E-state index in [1.165, 1.54) is 6.07 Å². The molecule has 1 saturated heterocycles. The maximum absolute atomic E-state index is 13.1. The fourth-order valence-corrected chi connectivity index (χ4v) is 3.91. The number of hydrogen-bond donors (Lipinski definition) is 0. The maximum Gasteiger partial charge on any atom is 0.433 e. The number of fused-ring (bicyclic) bond motifs is 1. The van der Waals surface area contributed by atoms with E-state index in [2.05, 4.69) is 24.9 Å². The van der Waals surface area contributed by atoms with Gasteiger partial charge in [0.1, 0.15) is 23.0 Å². The summed E-state index contributed by atoms with van der Waals surface area (Å²) in [6.07, 6.45) is -2.02. The zero-order valence-electron chi connectivity index (χ0n) is 19.7. The van der Waals surface area contributed by atoms with Crippen LogP contribution in [0.4, 0.5) is 19.1 Å². The van der Waals surface area contributed by atoms with Crippen molar-refractivity contribution in [1.29, 1.82) is 0 Å². The summed E-state index contributed by atoms with van der Waals surface area (Å²) in [4.78, 5) is 28.2. The van der Waals surface area contributed by atoms with Crippen LogP contribution in [0.2, 0.25) is 0 Å². The number of halogens is 3. The lowest BCUT2D eigenvalue weighted by atomic mass is 10.1. The van der Waals surface area contributed by atoms with Crippen LogP contribution in [0.1, 0.15) is 28.7 Å². The Kier molecular flexibility index (Phi) is 6.12. The normalized spacial score (nSPS) is 16.4. The number of aryl methyl sites for hydroxylation is 2. The molecule has 0 saturated carbocycles. The van der Waals surface area contributed by atoms with Gasteiger partial charge in [-0.25, -0.2) is 19.9 Å². The first kappa shape index (κ1) is 23.8. The van der Waals surface area contributed by atoms with Gasteiger partial charge in [0.25, 0.3) is 0 Å². The summed E-state index contributed by atoms with van der Waals surface area (Å²) < 4.78 is 50.4. The van der Waals surface area contributed by atoms with Crippen LogP contribution in [0, 0.1) is 13.8 Å². The second-order valence-corrected chi connectivity index (χ2v) is 8.31. The van der Waals surface area contributed by atoms with E-state index in [0.29, 0.717) is 65.3 Å². The number of anilines is 1. The van der Waals surface area contributed by atoms with Crippen LogP contribution in [0.25, 0.3) is 22.4 Å². The molecule has 1 aliphatic rings.